The first-order chi connectivity index (χ1) is 10.8. The van der Waals surface area contributed by atoms with Crippen LogP contribution in [0.4, 0.5) is 0 Å². The second-order valence-corrected chi connectivity index (χ2v) is 5.11. The second-order valence-electron chi connectivity index (χ2n) is 5.11. The molecule has 4 heteroatoms. The van der Waals surface area contributed by atoms with Crippen molar-refractivity contribution in [1.82, 2.24) is 0 Å². The van der Waals surface area contributed by atoms with Gasteiger partial charge in [0.1, 0.15) is 6.10 Å². The molecule has 2 aromatic carbocycles. The molecule has 0 amide bonds. The topological polar surface area (TPSA) is 55.8 Å². The standard InChI is InChI=1S/C18H16O4/c1-21-18(19)15-11-16(22-20)13-9-5-6-10-14(13)17(15)12-7-3-2-4-8-12/h2-11,16-17,20H,1H3/t16-,17-/m1/s1. The molecule has 0 saturated heterocycles. The van der Waals surface area contributed by atoms with Crippen LogP contribution in [-0.2, 0) is 14.4 Å². The van der Waals surface area contributed by atoms with Gasteiger partial charge in [0, 0.05) is 11.5 Å². The summed E-state index contributed by atoms with van der Waals surface area (Å²) in [5.41, 5.74) is 3.22. The molecule has 4 nitrogen and oxygen atoms in total. The van der Waals surface area contributed by atoms with Crippen LogP contribution in [0.3, 0.4) is 0 Å². The van der Waals surface area contributed by atoms with Crippen molar-refractivity contribution in [3.8, 4) is 0 Å². The van der Waals surface area contributed by atoms with Crippen LogP contribution in [0.1, 0.15) is 28.7 Å². The van der Waals surface area contributed by atoms with Gasteiger partial charge in [0.2, 0.25) is 0 Å². The van der Waals surface area contributed by atoms with Crippen LogP contribution in [0.25, 0.3) is 0 Å². The number of ether oxygens (including phenoxy) is 1. The molecule has 1 aliphatic carbocycles. The van der Waals surface area contributed by atoms with Crippen molar-refractivity contribution >= 4 is 5.97 Å². The summed E-state index contributed by atoms with van der Waals surface area (Å²) >= 11 is 0. The Labute approximate surface area is 128 Å². The van der Waals surface area contributed by atoms with Gasteiger partial charge in [-0.05, 0) is 22.8 Å². The fourth-order valence-electron chi connectivity index (χ4n) is 2.95. The van der Waals surface area contributed by atoms with Crippen LogP contribution < -0.4 is 0 Å². The van der Waals surface area contributed by atoms with Gasteiger partial charge >= 0.3 is 5.97 Å². The molecule has 0 radical (unpaired) electrons. The predicted molar refractivity (Wildman–Crippen MR) is 81.3 cm³/mol. The average Bonchev–Trinajstić information content (AvgIpc) is 2.60. The molecule has 1 N–H and O–H groups in total. The molecular weight excluding hydrogens is 280 g/mol. The number of benzene rings is 2. The van der Waals surface area contributed by atoms with Crippen LogP contribution in [0.2, 0.25) is 0 Å². The highest BCUT2D eigenvalue weighted by Gasteiger charge is 2.34. The van der Waals surface area contributed by atoms with E-state index in [1.807, 2.05) is 54.6 Å². The van der Waals surface area contributed by atoms with Gasteiger partial charge in [0.15, 0.2) is 0 Å². The van der Waals surface area contributed by atoms with Crippen molar-refractivity contribution in [3.05, 3.63) is 82.9 Å². The van der Waals surface area contributed by atoms with Gasteiger partial charge < -0.3 is 4.74 Å². The molecule has 0 heterocycles. The van der Waals surface area contributed by atoms with E-state index < -0.39 is 12.1 Å². The first-order valence-electron chi connectivity index (χ1n) is 7.00. The molecule has 3 rings (SSSR count). The summed E-state index contributed by atoms with van der Waals surface area (Å²) in [5.74, 6) is -0.665. The van der Waals surface area contributed by atoms with Gasteiger partial charge in [0.05, 0.1) is 7.11 Å². The lowest BCUT2D eigenvalue weighted by Crippen LogP contribution is -2.22. The number of hydrogen-bond donors (Lipinski definition) is 1. The first kappa shape index (κ1) is 14.5. The maximum absolute atomic E-state index is 12.2. The van der Waals surface area contributed by atoms with E-state index in [9.17, 15) is 10.1 Å². The molecule has 2 aromatic rings. The minimum Gasteiger partial charge on any atom is -0.466 e. The highest BCUT2D eigenvalue weighted by Crippen LogP contribution is 2.42. The van der Waals surface area contributed by atoms with Gasteiger partial charge in [-0.25, -0.2) is 9.68 Å². The van der Waals surface area contributed by atoms with Crippen LogP contribution in [0.15, 0.2) is 66.2 Å². The quantitative estimate of drug-likeness (QED) is 0.535. The summed E-state index contributed by atoms with van der Waals surface area (Å²) in [6.45, 7) is 0. The van der Waals surface area contributed by atoms with Crippen molar-refractivity contribution in [2.75, 3.05) is 7.11 Å². The Morgan fingerprint density at radius 3 is 2.27 bits per heavy atom. The number of fused-ring (bicyclic) bond motifs is 1. The SMILES string of the molecule is COC(=O)C1=C[C@@H](OO)c2ccccc2[C@H]1c1ccccc1. The van der Waals surface area contributed by atoms with Crippen LogP contribution in [-0.4, -0.2) is 18.3 Å². The molecule has 112 valence electrons. The monoisotopic (exact) mass is 296 g/mol. The van der Waals surface area contributed by atoms with Gasteiger partial charge in [-0.3, -0.25) is 5.26 Å². The van der Waals surface area contributed by atoms with E-state index in [1.165, 1.54) is 7.11 Å². The summed E-state index contributed by atoms with van der Waals surface area (Å²) in [5, 5.41) is 9.17. The molecule has 0 aromatic heterocycles. The minimum atomic E-state index is -0.676. The maximum atomic E-state index is 12.2. The number of hydrogen-bond acceptors (Lipinski definition) is 4. The highest BCUT2D eigenvalue weighted by atomic mass is 17.1. The van der Waals surface area contributed by atoms with Gasteiger partial charge in [-0.2, -0.15) is 0 Å². The lowest BCUT2D eigenvalue weighted by atomic mass is 9.77. The van der Waals surface area contributed by atoms with E-state index in [0.717, 1.165) is 16.7 Å². The largest absolute Gasteiger partial charge is 0.466 e. The summed E-state index contributed by atoms with van der Waals surface area (Å²) < 4.78 is 4.90. The van der Waals surface area contributed by atoms with E-state index in [0.29, 0.717) is 5.57 Å². The third kappa shape index (κ3) is 2.43. The summed E-state index contributed by atoms with van der Waals surface area (Å²) in [6, 6.07) is 17.3. The Kier molecular flexibility index (Phi) is 4.04. The average molecular weight is 296 g/mol. The van der Waals surface area contributed by atoms with E-state index >= 15 is 0 Å². The number of carbonyl (C=O) groups excluding carboxylic acids is 1. The Hall–Kier alpha value is -2.43. The van der Waals surface area contributed by atoms with Crippen LogP contribution in [0, 0.1) is 0 Å². The van der Waals surface area contributed by atoms with Crippen molar-refractivity contribution in [3.63, 3.8) is 0 Å². The van der Waals surface area contributed by atoms with Crippen LogP contribution >= 0.6 is 0 Å². The molecule has 2 atom stereocenters. The molecule has 0 unspecified atom stereocenters. The van der Waals surface area contributed by atoms with Gasteiger partial charge in [-0.15, -0.1) is 0 Å². The Morgan fingerprint density at radius 2 is 1.64 bits per heavy atom. The molecule has 1 aliphatic rings. The highest BCUT2D eigenvalue weighted by molar-refractivity contribution is 5.92. The molecule has 0 bridgehead atoms. The number of rotatable bonds is 3. The Balaban J connectivity index is 2.20. The zero-order valence-electron chi connectivity index (χ0n) is 12.1. The van der Waals surface area contributed by atoms with Crippen molar-refractivity contribution in [2.45, 2.75) is 12.0 Å². The predicted octanol–water partition coefficient (Wildman–Crippen LogP) is 3.46. The van der Waals surface area contributed by atoms with E-state index in [2.05, 4.69) is 4.89 Å². The van der Waals surface area contributed by atoms with E-state index in [1.54, 1.807) is 6.08 Å². The first-order valence-corrected chi connectivity index (χ1v) is 7.00. The molecule has 0 saturated carbocycles. The van der Waals surface area contributed by atoms with Gasteiger partial charge in [0.25, 0.3) is 0 Å². The zero-order chi connectivity index (χ0) is 15.5. The van der Waals surface area contributed by atoms with Gasteiger partial charge in [-0.1, -0.05) is 54.6 Å². The summed E-state index contributed by atoms with van der Waals surface area (Å²) in [7, 11) is 1.35. The zero-order valence-corrected chi connectivity index (χ0v) is 12.1. The molecule has 0 aliphatic heterocycles. The maximum Gasteiger partial charge on any atom is 0.334 e. The normalized spacial score (nSPS) is 20.0. The van der Waals surface area contributed by atoms with Crippen molar-refractivity contribution in [1.29, 1.82) is 0 Å². The fourth-order valence-corrected chi connectivity index (χ4v) is 2.95. The lowest BCUT2D eigenvalue weighted by molar-refractivity contribution is -0.269. The summed E-state index contributed by atoms with van der Waals surface area (Å²) in [4.78, 5) is 16.7. The van der Waals surface area contributed by atoms with Crippen LogP contribution in [0.5, 0.6) is 0 Å². The molecule has 0 fully saturated rings. The Bertz CT molecular complexity index is 706. The third-order valence-corrected chi connectivity index (χ3v) is 3.92. The smallest absolute Gasteiger partial charge is 0.334 e. The third-order valence-electron chi connectivity index (χ3n) is 3.92. The summed E-state index contributed by atoms with van der Waals surface area (Å²) in [6.07, 6.45) is 0.941. The van der Waals surface area contributed by atoms with Crippen molar-refractivity contribution in [2.24, 2.45) is 0 Å². The lowest BCUT2D eigenvalue weighted by Gasteiger charge is -2.29. The molecule has 0 spiro atoms. The Morgan fingerprint density at radius 1 is 1.00 bits per heavy atom. The number of methoxy groups -OCH3 is 1. The van der Waals surface area contributed by atoms with E-state index in [4.69, 9.17) is 4.74 Å². The molecular formula is C18H16O4. The van der Waals surface area contributed by atoms with E-state index in [-0.39, 0.29) is 5.92 Å². The minimum absolute atomic E-state index is 0.240. The second kappa shape index (κ2) is 6.13. The number of esters is 1. The fraction of sp³-hybridized carbons (Fsp3) is 0.167. The number of carbonyl (C=O) groups is 1. The molecule has 22 heavy (non-hydrogen) atoms. The van der Waals surface area contributed by atoms with Crippen molar-refractivity contribution < 1.29 is 19.7 Å².